The normalized spacial score (nSPS) is 13.0. The van der Waals surface area contributed by atoms with E-state index in [-0.39, 0.29) is 0 Å². The largest absolute Gasteiger partial charge is 0.357 e. The van der Waals surface area contributed by atoms with E-state index in [0.29, 0.717) is 35.3 Å². The van der Waals surface area contributed by atoms with Gasteiger partial charge in [-0.15, -0.1) is 11.3 Å². The highest BCUT2D eigenvalue weighted by molar-refractivity contribution is 7.91. The minimum absolute atomic E-state index is 0.305. The summed E-state index contributed by atoms with van der Waals surface area (Å²) in [6.07, 6.45) is 0.984. The number of guanidine groups is 1. The fourth-order valence-corrected chi connectivity index (χ4v) is 4.82. The number of thiophene rings is 1. The molecule has 0 bridgehead atoms. The van der Waals surface area contributed by atoms with Crippen LogP contribution in [0.4, 0.5) is 0 Å². The van der Waals surface area contributed by atoms with Crippen molar-refractivity contribution in [1.82, 2.24) is 20.3 Å². The van der Waals surface area contributed by atoms with Crippen molar-refractivity contribution < 1.29 is 8.42 Å². The fraction of sp³-hybridized carbons (Fsp3) is 0.722. The Kier molecular flexibility index (Phi) is 10.9. The maximum Gasteiger partial charge on any atom is 0.250 e. The van der Waals surface area contributed by atoms with Gasteiger partial charge in [0.05, 0.1) is 0 Å². The fourth-order valence-electron chi connectivity index (χ4n) is 2.75. The molecule has 0 saturated heterocycles. The lowest BCUT2D eigenvalue weighted by Gasteiger charge is -2.30. The standard InChI is InChI=1S/C18H35N5O2S2/c1-6-19-18(20-10-8-13-23(15(2)3)16(4)5)21-11-12-22-27(24,25)17-9-7-14-26-17/h7,9,14-16,22H,6,8,10-13H2,1-5H3,(H2,19,20,21). The molecular weight excluding hydrogens is 382 g/mol. The predicted octanol–water partition coefficient (Wildman–Crippen LogP) is 2.09. The van der Waals surface area contributed by atoms with Crippen LogP contribution in [0.25, 0.3) is 0 Å². The van der Waals surface area contributed by atoms with Crippen molar-refractivity contribution in [3.05, 3.63) is 17.5 Å². The van der Waals surface area contributed by atoms with Crippen LogP contribution >= 0.6 is 11.3 Å². The van der Waals surface area contributed by atoms with Crippen LogP contribution in [0.3, 0.4) is 0 Å². The average molecular weight is 418 g/mol. The topological polar surface area (TPSA) is 85.8 Å². The van der Waals surface area contributed by atoms with Crippen molar-refractivity contribution in [2.45, 2.75) is 57.3 Å². The van der Waals surface area contributed by atoms with Crippen molar-refractivity contribution in [1.29, 1.82) is 0 Å². The highest BCUT2D eigenvalue weighted by Crippen LogP contribution is 2.14. The van der Waals surface area contributed by atoms with Gasteiger partial charge < -0.3 is 10.6 Å². The molecule has 0 amide bonds. The van der Waals surface area contributed by atoms with Crippen molar-refractivity contribution in [3.63, 3.8) is 0 Å². The zero-order valence-electron chi connectivity index (χ0n) is 17.2. The molecule has 1 aromatic rings. The van der Waals surface area contributed by atoms with E-state index >= 15 is 0 Å². The first-order valence-corrected chi connectivity index (χ1v) is 11.9. The van der Waals surface area contributed by atoms with Crippen molar-refractivity contribution in [2.24, 2.45) is 4.99 Å². The lowest BCUT2D eigenvalue weighted by molar-refractivity contribution is 0.174. The molecule has 0 aromatic carbocycles. The summed E-state index contributed by atoms with van der Waals surface area (Å²) in [4.78, 5) is 7.03. The van der Waals surface area contributed by atoms with Crippen LogP contribution in [0, 0.1) is 0 Å². The van der Waals surface area contributed by atoms with Crippen LogP contribution in [-0.4, -0.2) is 64.1 Å². The smallest absolute Gasteiger partial charge is 0.250 e. The second-order valence-corrected chi connectivity index (χ2v) is 9.74. The quantitative estimate of drug-likeness (QED) is 0.275. The van der Waals surface area contributed by atoms with Gasteiger partial charge in [0.25, 0.3) is 0 Å². The van der Waals surface area contributed by atoms with Gasteiger partial charge in [-0.2, -0.15) is 0 Å². The summed E-state index contributed by atoms with van der Waals surface area (Å²) in [6.45, 7) is 14.1. The van der Waals surface area contributed by atoms with Crippen molar-refractivity contribution in [2.75, 3.05) is 32.7 Å². The summed E-state index contributed by atoms with van der Waals surface area (Å²) in [6, 6.07) is 4.38. The van der Waals surface area contributed by atoms with Crippen LogP contribution in [0.15, 0.2) is 26.7 Å². The Morgan fingerprint density at radius 1 is 1.19 bits per heavy atom. The number of sulfonamides is 1. The van der Waals surface area contributed by atoms with E-state index in [0.717, 1.165) is 26.1 Å². The van der Waals surface area contributed by atoms with Crippen LogP contribution in [-0.2, 0) is 10.0 Å². The zero-order valence-corrected chi connectivity index (χ0v) is 18.8. The monoisotopic (exact) mass is 417 g/mol. The summed E-state index contributed by atoms with van der Waals surface area (Å²) in [5, 5.41) is 8.12. The molecular formula is C18H35N5O2S2. The lowest BCUT2D eigenvalue weighted by atomic mass is 10.2. The van der Waals surface area contributed by atoms with E-state index in [4.69, 9.17) is 0 Å². The highest BCUT2D eigenvalue weighted by Gasteiger charge is 2.14. The van der Waals surface area contributed by atoms with Crippen LogP contribution in [0.5, 0.6) is 0 Å². The number of hydrogen-bond acceptors (Lipinski definition) is 5. The number of rotatable bonds is 12. The van der Waals surface area contributed by atoms with Gasteiger partial charge in [0.2, 0.25) is 10.0 Å². The van der Waals surface area contributed by atoms with Gasteiger partial charge in [0.1, 0.15) is 4.21 Å². The minimum Gasteiger partial charge on any atom is -0.357 e. The molecule has 9 heteroatoms. The predicted molar refractivity (Wildman–Crippen MR) is 115 cm³/mol. The number of nitrogens with one attached hydrogen (secondary N) is 3. The Labute approximate surface area is 168 Å². The van der Waals surface area contributed by atoms with Gasteiger partial charge in [-0.05, 0) is 52.5 Å². The average Bonchev–Trinajstić information content (AvgIpc) is 3.13. The first-order valence-electron chi connectivity index (χ1n) is 9.59. The molecule has 0 aliphatic carbocycles. The third-order valence-electron chi connectivity index (χ3n) is 3.98. The Morgan fingerprint density at radius 2 is 1.89 bits per heavy atom. The second-order valence-electron chi connectivity index (χ2n) is 6.80. The molecule has 0 fully saturated rings. The van der Waals surface area contributed by atoms with E-state index in [1.807, 2.05) is 6.92 Å². The molecule has 0 radical (unpaired) electrons. The van der Waals surface area contributed by atoms with Gasteiger partial charge in [-0.25, -0.2) is 13.1 Å². The van der Waals surface area contributed by atoms with E-state index in [1.165, 1.54) is 11.3 Å². The third-order valence-corrected chi connectivity index (χ3v) is 6.84. The summed E-state index contributed by atoms with van der Waals surface area (Å²) < 4.78 is 27.1. The first kappa shape index (κ1) is 23.9. The zero-order chi connectivity index (χ0) is 20.3. The van der Waals surface area contributed by atoms with Crippen molar-refractivity contribution >= 4 is 27.3 Å². The molecule has 1 rings (SSSR count). The van der Waals surface area contributed by atoms with Gasteiger partial charge in [-0.3, -0.25) is 9.89 Å². The molecule has 27 heavy (non-hydrogen) atoms. The maximum atomic E-state index is 12.1. The molecule has 156 valence electrons. The minimum atomic E-state index is -3.41. The molecule has 3 N–H and O–H groups in total. The second kappa shape index (κ2) is 12.3. The maximum absolute atomic E-state index is 12.1. The molecule has 7 nitrogen and oxygen atoms in total. The van der Waals surface area contributed by atoms with Crippen molar-refractivity contribution in [3.8, 4) is 0 Å². The highest BCUT2D eigenvalue weighted by atomic mass is 32.2. The Hall–Kier alpha value is -1.16. The molecule has 0 atom stereocenters. The summed E-state index contributed by atoms with van der Waals surface area (Å²) in [5.74, 6) is 0.716. The van der Waals surface area contributed by atoms with E-state index in [1.54, 1.807) is 17.5 Å². The van der Waals surface area contributed by atoms with E-state index in [2.05, 4.69) is 52.9 Å². The third kappa shape index (κ3) is 9.05. The van der Waals surface area contributed by atoms with Crippen LogP contribution in [0.2, 0.25) is 0 Å². The first-order chi connectivity index (χ1) is 12.8. The van der Waals surface area contributed by atoms with Crippen LogP contribution in [0.1, 0.15) is 41.0 Å². The molecule has 0 saturated carbocycles. The summed E-state index contributed by atoms with van der Waals surface area (Å²) in [7, 11) is -3.41. The molecule has 0 aliphatic heterocycles. The van der Waals surface area contributed by atoms with Crippen LogP contribution < -0.4 is 15.4 Å². The number of nitrogens with zero attached hydrogens (tertiary/aromatic N) is 2. The Morgan fingerprint density at radius 3 is 2.44 bits per heavy atom. The summed E-state index contributed by atoms with van der Waals surface area (Å²) >= 11 is 1.21. The number of aliphatic imine (C=N–C) groups is 1. The lowest BCUT2D eigenvalue weighted by Crippen LogP contribution is -2.41. The van der Waals surface area contributed by atoms with E-state index in [9.17, 15) is 8.42 Å². The van der Waals surface area contributed by atoms with E-state index < -0.39 is 10.0 Å². The van der Waals surface area contributed by atoms with Gasteiger partial charge in [-0.1, -0.05) is 6.07 Å². The molecule has 0 unspecified atom stereocenters. The van der Waals surface area contributed by atoms with Gasteiger partial charge >= 0.3 is 0 Å². The molecule has 1 heterocycles. The van der Waals surface area contributed by atoms with Gasteiger partial charge in [0, 0.05) is 44.8 Å². The molecule has 1 aromatic heterocycles. The Bertz CT molecular complexity index is 635. The Balaban J connectivity index is 2.39. The number of hydrogen-bond donors (Lipinski definition) is 3. The summed E-state index contributed by atoms with van der Waals surface area (Å²) in [5.41, 5.74) is 0. The molecule has 0 aliphatic rings. The molecule has 0 spiro atoms. The SMILES string of the molecule is CCNC(=NCCCN(C(C)C)C(C)C)NCCNS(=O)(=O)c1cccs1. The van der Waals surface area contributed by atoms with Gasteiger partial charge in [0.15, 0.2) is 5.96 Å².